The van der Waals surface area contributed by atoms with Crippen LogP contribution in [0.1, 0.15) is 354 Å². The van der Waals surface area contributed by atoms with Gasteiger partial charge in [-0.3, -0.25) is 9.59 Å². The van der Waals surface area contributed by atoms with Gasteiger partial charge >= 0.3 is 5.97 Å². The van der Waals surface area contributed by atoms with E-state index in [9.17, 15) is 19.8 Å². The van der Waals surface area contributed by atoms with E-state index < -0.39 is 12.1 Å². The van der Waals surface area contributed by atoms with Gasteiger partial charge in [0.15, 0.2) is 0 Å². The second kappa shape index (κ2) is 59.2. The maximum atomic E-state index is 12.5. The van der Waals surface area contributed by atoms with Crippen LogP contribution in [0.4, 0.5) is 0 Å². The van der Waals surface area contributed by atoms with Gasteiger partial charge < -0.3 is 20.3 Å². The Hall–Kier alpha value is -1.40. The predicted molar refractivity (Wildman–Crippen MR) is 301 cm³/mol. The van der Waals surface area contributed by atoms with Gasteiger partial charge in [-0.25, -0.2) is 0 Å². The summed E-state index contributed by atoms with van der Waals surface area (Å²) in [7, 11) is 0. The standard InChI is InChI=1S/C63H123NO5/c1-3-5-7-9-11-13-15-17-19-21-22-23-24-25-26-27-29-30-32-35-39-43-47-51-55-61(66)60(59-65)64-62(67)56-52-48-44-40-36-34-38-42-46-50-54-58-69-63(68)57-53-49-45-41-37-33-31-28-20-18-16-14-12-10-8-6-4-2/h38,42,60-61,65-66H,3-37,39-41,43-59H2,1-2H3,(H,64,67)/b42-38-. The van der Waals surface area contributed by atoms with Gasteiger partial charge in [0.25, 0.3) is 0 Å². The van der Waals surface area contributed by atoms with Crippen LogP contribution in [0.25, 0.3) is 0 Å². The molecule has 0 saturated carbocycles. The van der Waals surface area contributed by atoms with Gasteiger partial charge in [0.05, 0.1) is 25.4 Å². The first-order valence-electron chi connectivity index (χ1n) is 31.4. The molecule has 0 saturated heterocycles. The van der Waals surface area contributed by atoms with E-state index in [2.05, 4.69) is 31.3 Å². The fourth-order valence-corrected chi connectivity index (χ4v) is 9.99. The minimum absolute atomic E-state index is 0.0258. The van der Waals surface area contributed by atoms with Crippen molar-refractivity contribution in [1.82, 2.24) is 5.32 Å². The molecule has 0 aromatic heterocycles. The molecule has 2 atom stereocenters. The lowest BCUT2D eigenvalue weighted by Gasteiger charge is -2.22. The van der Waals surface area contributed by atoms with Gasteiger partial charge in [0.1, 0.15) is 0 Å². The summed E-state index contributed by atoms with van der Waals surface area (Å²) in [5.74, 6) is -0.0851. The molecule has 0 aliphatic heterocycles. The first-order chi connectivity index (χ1) is 34.0. The van der Waals surface area contributed by atoms with Crippen molar-refractivity contribution in [3.05, 3.63) is 12.2 Å². The molecule has 0 radical (unpaired) electrons. The number of carbonyl (C=O) groups excluding carboxylic acids is 2. The molecule has 0 aromatic carbocycles. The summed E-state index contributed by atoms with van der Waals surface area (Å²) >= 11 is 0. The van der Waals surface area contributed by atoms with Gasteiger partial charge in [-0.05, 0) is 51.4 Å². The second-order valence-electron chi connectivity index (χ2n) is 21.7. The van der Waals surface area contributed by atoms with E-state index in [-0.39, 0.29) is 18.5 Å². The van der Waals surface area contributed by atoms with Gasteiger partial charge in [-0.1, -0.05) is 302 Å². The van der Waals surface area contributed by atoms with Gasteiger partial charge in [0.2, 0.25) is 5.91 Å². The number of amides is 1. The average Bonchev–Trinajstić information content (AvgIpc) is 3.35. The second-order valence-corrected chi connectivity index (χ2v) is 21.7. The molecule has 6 heteroatoms. The lowest BCUT2D eigenvalue weighted by Crippen LogP contribution is -2.45. The molecule has 0 bridgehead atoms. The lowest BCUT2D eigenvalue weighted by molar-refractivity contribution is -0.143. The molecular formula is C63H123NO5. The third kappa shape index (κ3) is 55.8. The molecule has 6 nitrogen and oxygen atoms in total. The van der Waals surface area contributed by atoms with Gasteiger partial charge in [-0.15, -0.1) is 0 Å². The van der Waals surface area contributed by atoms with Crippen LogP contribution in [0, 0.1) is 0 Å². The Balaban J connectivity index is 3.47. The Kier molecular flexibility index (Phi) is 58.0. The highest BCUT2D eigenvalue weighted by molar-refractivity contribution is 5.76. The van der Waals surface area contributed by atoms with Crippen molar-refractivity contribution in [2.45, 2.75) is 366 Å². The number of aliphatic hydroxyl groups is 2. The molecule has 0 aromatic rings. The van der Waals surface area contributed by atoms with Crippen molar-refractivity contribution in [3.63, 3.8) is 0 Å². The Labute approximate surface area is 431 Å². The molecule has 0 fully saturated rings. The molecule has 1 amide bonds. The molecule has 0 heterocycles. The van der Waals surface area contributed by atoms with Crippen LogP contribution in [0.15, 0.2) is 12.2 Å². The monoisotopic (exact) mass is 974 g/mol. The number of nitrogens with one attached hydrogen (secondary N) is 1. The maximum absolute atomic E-state index is 12.5. The zero-order valence-corrected chi connectivity index (χ0v) is 46.8. The molecule has 0 aliphatic rings. The van der Waals surface area contributed by atoms with E-state index in [1.807, 2.05) is 0 Å². The highest BCUT2D eigenvalue weighted by Gasteiger charge is 2.20. The van der Waals surface area contributed by atoms with Crippen molar-refractivity contribution in [2.75, 3.05) is 13.2 Å². The predicted octanol–water partition coefficient (Wildman–Crippen LogP) is 19.6. The van der Waals surface area contributed by atoms with Gasteiger partial charge in [0, 0.05) is 12.8 Å². The van der Waals surface area contributed by atoms with Crippen LogP contribution in [-0.2, 0) is 14.3 Å². The smallest absolute Gasteiger partial charge is 0.305 e. The minimum atomic E-state index is -0.683. The highest BCUT2D eigenvalue weighted by Crippen LogP contribution is 2.18. The van der Waals surface area contributed by atoms with E-state index in [4.69, 9.17) is 4.74 Å². The summed E-state index contributed by atoms with van der Waals surface area (Å²) in [6.45, 7) is 4.91. The third-order valence-electron chi connectivity index (χ3n) is 14.8. The Morgan fingerprint density at radius 3 is 1.03 bits per heavy atom. The summed E-state index contributed by atoms with van der Waals surface area (Å²) in [5, 5.41) is 23.4. The zero-order valence-electron chi connectivity index (χ0n) is 46.8. The third-order valence-corrected chi connectivity index (χ3v) is 14.8. The number of ether oxygens (including phenoxy) is 1. The Morgan fingerprint density at radius 2 is 0.681 bits per heavy atom. The molecule has 0 spiro atoms. The first-order valence-corrected chi connectivity index (χ1v) is 31.4. The largest absolute Gasteiger partial charge is 0.466 e. The topological polar surface area (TPSA) is 95.9 Å². The Bertz CT molecular complexity index is 1030. The maximum Gasteiger partial charge on any atom is 0.305 e. The van der Waals surface area contributed by atoms with Crippen LogP contribution >= 0.6 is 0 Å². The van der Waals surface area contributed by atoms with Crippen LogP contribution in [0.2, 0.25) is 0 Å². The van der Waals surface area contributed by atoms with E-state index in [0.717, 1.165) is 77.0 Å². The summed E-state index contributed by atoms with van der Waals surface area (Å²) in [6.07, 6.45) is 70.8. The first kappa shape index (κ1) is 67.6. The number of hydrogen-bond acceptors (Lipinski definition) is 5. The SMILES string of the molecule is CCCCCCCCCCCCCCCCCCCCCCCCCCC(O)C(CO)NC(=O)CCCCCCC/C=C\CCCCOC(=O)CCCCCCCCCCCCCCCCCCC. The van der Waals surface area contributed by atoms with Crippen LogP contribution in [-0.4, -0.2) is 47.4 Å². The number of hydrogen-bond donors (Lipinski definition) is 3. The number of carbonyl (C=O) groups is 2. The number of esters is 1. The molecule has 2 unspecified atom stereocenters. The quantitative estimate of drug-likeness (QED) is 0.0321. The van der Waals surface area contributed by atoms with E-state index in [1.54, 1.807) is 0 Å². The molecule has 0 aliphatic carbocycles. The number of rotatable bonds is 59. The van der Waals surface area contributed by atoms with Gasteiger partial charge in [-0.2, -0.15) is 0 Å². The van der Waals surface area contributed by atoms with Crippen LogP contribution < -0.4 is 5.32 Å². The lowest BCUT2D eigenvalue weighted by atomic mass is 10.0. The zero-order chi connectivity index (χ0) is 50.0. The summed E-state index contributed by atoms with van der Waals surface area (Å²) in [5.41, 5.74) is 0. The van der Waals surface area contributed by atoms with Crippen LogP contribution in [0.5, 0.6) is 0 Å². The number of aliphatic hydroxyl groups excluding tert-OH is 2. The molecule has 69 heavy (non-hydrogen) atoms. The van der Waals surface area contributed by atoms with Crippen LogP contribution in [0.3, 0.4) is 0 Å². The van der Waals surface area contributed by atoms with E-state index in [1.165, 1.54) is 244 Å². The number of allylic oxidation sites excluding steroid dienone is 2. The normalized spacial score (nSPS) is 12.6. The van der Waals surface area contributed by atoms with Crippen molar-refractivity contribution in [1.29, 1.82) is 0 Å². The number of unbranched alkanes of at least 4 members (excludes halogenated alkanes) is 46. The summed E-state index contributed by atoms with van der Waals surface area (Å²) in [6, 6.07) is -0.563. The molecule has 410 valence electrons. The fraction of sp³-hybridized carbons (Fsp3) is 0.937. The highest BCUT2D eigenvalue weighted by atomic mass is 16.5. The molecule has 3 N–H and O–H groups in total. The van der Waals surface area contributed by atoms with Crippen molar-refractivity contribution >= 4 is 11.9 Å². The van der Waals surface area contributed by atoms with Crippen molar-refractivity contribution < 1.29 is 24.5 Å². The summed E-state index contributed by atoms with van der Waals surface area (Å²) in [4.78, 5) is 24.6. The molecular weight excluding hydrogens is 851 g/mol. The summed E-state index contributed by atoms with van der Waals surface area (Å²) < 4.78 is 5.46. The fourth-order valence-electron chi connectivity index (χ4n) is 9.99. The Morgan fingerprint density at radius 1 is 0.391 bits per heavy atom. The van der Waals surface area contributed by atoms with Crippen molar-refractivity contribution in [2.24, 2.45) is 0 Å². The van der Waals surface area contributed by atoms with E-state index >= 15 is 0 Å². The molecule has 0 rings (SSSR count). The van der Waals surface area contributed by atoms with E-state index in [0.29, 0.717) is 25.9 Å². The minimum Gasteiger partial charge on any atom is -0.466 e. The average molecular weight is 975 g/mol. The van der Waals surface area contributed by atoms with Crippen molar-refractivity contribution in [3.8, 4) is 0 Å².